The third-order valence-electron chi connectivity index (χ3n) is 6.92. The maximum absolute atomic E-state index is 14.8. The number of hydrogen-bond donors (Lipinski definition) is 1. The second-order valence-corrected chi connectivity index (χ2v) is 12.5. The Bertz CT molecular complexity index is 1220. The summed E-state index contributed by atoms with van der Waals surface area (Å²) in [4.78, 5) is 14.7. The number of carbonyl (C=O) groups is 1. The van der Waals surface area contributed by atoms with Gasteiger partial charge in [0.1, 0.15) is 11.6 Å². The number of benzene rings is 2. The van der Waals surface area contributed by atoms with Crippen LogP contribution in [0, 0.1) is 18.2 Å². The van der Waals surface area contributed by atoms with Gasteiger partial charge in [-0.15, -0.1) is 0 Å². The summed E-state index contributed by atoms with van der Waals surface area (Å²) in [5.41, 5.74) is 2.71. The fourth-order valence-electron chi connectivity index (χ4n) is 4.45. The number of sulfonamides is 1. The molecule has 4 rings (SSSR count). The van der Waals surface area contributed by atoms with E-state index in [0.29, 0.717) is 12.4 Å². The predicted octanol–water partition coefficient (Wildman–Crippen LogP) is 5.04. The van der Waals surface area contributed by atoms with Crippen molar-refractivity contribution in [2.45, 2.75) is 52.0 Å². The van der Waals surface area contributed by atoms with E-state index < -0.39 is 21.7 Å². The maximum Gasteiger partial charge on any atom is 0.267 e. The maximum atomic E-state index is 14.8. The first-order valence-electron chi connectivity index (χ1n) is 11.9. The SMILES string of the molecule is Cc1ccc(CN2CCC(C)(COc3cc(F)c(C(=O)NS(C)(=O)=O)cc3C3CC3)CC2)cc1Cl. The van der Waals surface area contributed by atoms with Crippen LogP contribution < -0.4 is 9.46 Å². The van der Waals surface area contributed by atoms with E-state index in [1.54, 1.807) is 0 Å². The molecule has 0 spiro atoms. The largest absolute Gasteiger partial charge is 0.493 e. The summed E-state index contributed by atoms with van der Waals surface area (Å²) in [6.07, 6.45) is 4.63. The lowest BCUT2D eigenvalue weighted by Gasteiger charge is -2.39. The van der Waals surface area contributed by atoms with Crippen LogP contribution in [0.4, 0.5) is 4.39 Å². The van der Waals surface area contributed by atoms with E-state index in [1.165, 1.54) is 17.7 Å². The summed E-state index contributed by atoms with van der Waals surface area (Å²) in [5, 5.41) is 0.788. The van der Waals surface area contributed by atoms with Gasteiger partial charge in [0.25, 0.3) is 5.91 Å². The molecule has 6 nitrogen and oxygen atoms in total. The molecule has 1 N–H and O–H groups in total. The highest BCUT2D eigenvalue weighted by molar-refractivity contribution is 7.89. The summed E-state index contributed by atoms with van der Waals surface area (Å²) in [7, 11) is -3.79. The van der Waals surface area contributed by atoms with Crippen molar-refractivity contribution in [1.29, 1.82) is 0 Å². The minimum Gasteiger partial charge on any atom is -0.493 e. The molecule has 1 aliphatic heterocycles. The average molecular weight is 523 g/mol. The van der Waals surface area contributed by atoms with Gasteiger partial charge in [-0.1, -0.05) is 30.7 Å². The summed E-state index contributed by atoms with van der Waals surface area (Å²) in [5.74, 6) is -1.11. The molecule has 2 aromatic carbocycles. The zero-order chi connectivity index (χ0) is 25.4. The smallest absolute Gasteiger partial charge is 0.267 e. The molecule has 35 heavy (non-hydrogen) atoms. The van der Waals surface area contributed by atoms with Crippen LogP contribution in [0.15, 0.2) is 30.3 Å². The molecule has 0 atom stereocenters. The molecule has 2 aromatic rings. The van der Waals surface area contributed by atoms with Crippen molar-refractivity contribution in [2.24, 2.45) is 5.41 Å². The third kappa shape index (κ3) is 6.74. The minimum atomic E-state index is -3.79. The van der Waals surface area contributed by atoms with Crippen LogP contribution in [-0.2, 0) is 16.6 Å². The molecule has 2 fully saturated rings. The molecular formula is C26H32ClFN2O4S. The fraction of sp³-hybridized carbons (Fsp3) is 0.500. The number of aryl methyl sites for hydroxylation is 1. The molecular weight excluding hydrogens is 491 g/mol. The van der Waals surface area contributed by atoms with Crippen molar-refractivity contribution in [2.75, 3.05) is 26.0 Å². The number of nitrogens with one attached hydrogen (secondary N) is 1. The second kappa shape index (κ2) is 10.1. The molecule has 1 saturated heterocycles. The number of nitrogens with zero attached hydrogens (tertiary/aromatic N) is 1. The molecule has 190 valence electrons. The van der Waals surface area contributed by atoms with Crippen LogP contribution in [0.2, 0.25) is 5.02 Å². The number of rotatable bonds is 8. The van der Waals surface area contributed by atoms with Crippen molar-refractivity contribution in [3.63, 3.8) is 0 Å². The van der Waals surface area contributed by atoms with E-state index in [0.717, 1.165) is 67.7 Å². The lowest BCUT2D eigenvalue weighted by atomic mass is 9.81. The Hall–Kier alpha value is -2.16. The minimum absolute atomic E-state index is 0.0505. The van der Waals surface area contributed by atoms with E-state index in [-0.39, 0.29) is 16.9 Å². The topological polar surface area (TPSA) is 75.7 Å². The number of hydrogen-bond acceptors (Lipinski definition) is 5. The van der Waals surface area contributed by atoms with Crippen LogP contribution in [0.5, 0.6) is 5.75 Å². The van der Waals surface area contributed by atoms with E-state index in [2.05, 4.69) is 17.9 Å². The molecule has 0 aromatic heterocycles. The Morgan fingerprint density at radius 3 is 2.51 bits per heavy atom. The van der Waals surface area contributed by atoms with Crippen LogP contribution in [0.25, 0.3) is 0 Å². The summed E-state index contributed by atoms with van der Waals surface area (Å²) in [6, 6.07) is 8.87. The first-order chi connectivity index (χ1) is 16.4. The van der Waals surface area contributed by atoms with Crippen molar-refractivity contribution in [1.82, 2.24) is 9.62 Å². The monoisotopic (exact) mass is 522 g/mol. The van der Waals surface area contributed by atoms with Gasteiger partial charge in [0.2, 0.25) is 10.0 Å². The Morgan fingerprint density at radius 2 is 1.91 bits per heavy atom. The number of halogens is 2. The lowest BCUT2D eigenvalue weighted by molar-refractivity contribution is 0.0651. The first kappa shape index (κ1) is 25.9. The third-order valence-corrected chi connectivity index (χ3v) is 7.88. The number of carbonyl (C=O) groups excluding carboxylic acids is 1. The molecule has 1 heterocycles. The van der Waals surface area contributed by atoms with Crippen molar-refractivity contribution in [3.8, 4) is 5.75 Å². The van der Waals surface area contributed by atoms with Gasteiger partial charge in [-0.05, 0) is 80.4 Å². The molecule has 1 amide bonds. The standard InChI is InChI=1S/C26H32ClFN2O4S/c1-17-4-5-18(12-22(17)27)15-30-10-8-26(2,9-11-30)16-34-24-14-23(28)21(13-20(24)19-6-7-19)25(31)29-35(3,32)33/h4-5,12-14,19H,6-11,15-16H2,1-3H3,(H,29,31). The van der Waals surface area contributed by atoms with Crippen LogP contribution in [-0.4, -0.2) is 45.2 Å². The van der Waals surface area contributed by atoms with Gasteiger partial charge < -0.3 is 4.74 Å². The quantitative estimate of drug-likeness (QED) is 0.526. The van der Waals surface area contributed by atoms with E-state index in [4.69, 9.17) is 16.3 Å². The van der Waals surface area contributed by atoms with Gasteiger partial charge in [0.05, 0.1) is 18.4 Å². The summed E-state index contributed by atoms with van der Waals surface area (Å²) in [6.45, 7) is 7.35. The van der Waals surface area contributed by atoms with Crippen LogP contribution in [0.1, 0.15) is 65.6 Å². The lowest BCUT2D eigenvalue weighted by Crippen LogP contribution is -2.41. The highest BCUT2D eigenvalue weighted by Crippen LogP contribution is 2.45. The summed E-state index contributed by atoms with van der Waals surface area (Å²) >= 11 is 6.27. The zero-order valence-corrected chi connectivity index (χ0v) is 21.9. The number of amides is 1. The van der Waals surface area contributed by atoms with Gasteiger partial charge in [0.15, 0.2) is 0 Å². The molecule has 0 radical (unpaired) electrons. The molecule has 2 aliphatic rings. The van der Waals surface area contributed by atoms with Crippen molar-refractivity contribution < 1.29 is 22.3 Å². The second-order valence-electron chi connectivity index (χ2n) is 10.3. The number of likely N-dealkylation sites (tertiary alicyclic amines) is 1. The van der Waals surface area contributed by atoms with Gasteiger partial charge in [-0.25, -0.2) is 17.5 Å². The fourth-order valence-corrected chi connectivity index (χ4v) is 5.10. The van der Waals surface area contributed by atoms with Crippen LogP contribution in [0.3, 0.4) is 0 Å². The van der Waals surface area contributed by atoms with Crippen molar-refractivity contribution >= 4 is 27.5 Å². The zero-order valence-electron chi connectivity index (χ0n) is 20.4. The number of piperidine rings is 1. The molecule has 9 heteroatoms. The van der Waals surface area contributed by atoms with Crippen LogP contribution >= 0.6 is 11.6 Å². The average Bonchev–Trinajstić information content (AvgIpc) is 3.61. The highest BCUT2D eigenvalue weighted by Gasteiger charge is 2.33. The Balaban J connectivity index is 1.39. The predicted molar refractivity (Wildman–Crippen MR) is 135 cm³/mol. The first-order valence-corrected chi connectivity index (χ1v) is 14.2. The highest BCUT2D eigenvalue weighted by atomic mass is 35.5. The Kier molecular flexibility index (Phi) is 7.46. The Morgan fingerprint density at radius 1 is 1.23 bits per heavy atom. The molecule has 0 unspecified atom stereocenters. The molecule has 1 saturated carbocycles. The van der Waals surface area contributed by atoms with E-state index in [9.17, 15) is 17.6 Å². The van der Waals surface area contributed by atoms with Gasteiger partial charge in [-0.2, -0.15) is 0 Å². The summed E-state index contributed by atoms with van der Waals surface area (Å²) < 4.78 is 45.6. The molecule has 1 aliphatic carbocycles. The Labute approximate surface area is 211 Å². The normalized spacial score (nSPS) is 18.3. The molecule has 0 bridgehead atoms. The van der Waals surface area contributed by atoms with E-state index in [1.807, 2.05) is 23.8 Å². The van der Waals surface area contributed by atoms with Gasteiger partial charge >= 0.3 is 0 Å². The van der Waals surface area contributed by atoms with E-state index >= 15 is 0 Å². The number of ether oxygens (including phenoxy) is 1. The van der Waals surface area contributed by atoms with Gasteiger partial charge in [-0.3, -0.25) is 9.69 Å². The van der Waals surface area contributed by atoms with Crippen molar-refractivity contribution in [3.05, 3.63) is 63.4 Å². The van der Waals surface area contributed by atoms with Gasteiger partial charge in [0, 0.05) is 23.0 Å².